The van der Waals surface area contributed by atoms with Crippen LogP contribution in [0.15, 0.2) is 45.2 Å². The zero-order valence-corrected chi connectivity index (χ0v) is 13.4. The number of hydrogen-bond acceptors (Lipinski definition) is 7. The minimum atomic E-state index is -0.137. The van der Waals surface area contributed by atoms with Gasteiger partial charge in [0.25, 0.3) is 5.91 Å². The van der Waals surface area contributed by atoms with Crippen molar-refractivity contribution in [3.8, 4) is 0 Å². The number of aromatic nitrogens is 3. The molecule has 2 aromatic heterocycles. The SMILES string of the molecule is Cc1nnc(Sc2ncc(NC(=O)c3ccccc3)s2)s1. The summed E-state index contributed by atoms with van der Waals surface area (Å²) < 4.78 is 1.68. The maximum Gasteiger partial charge on any atom is 0.256 e. The van der Waals surface area contributed by atoms with E-state index in [0.717, 1.165) is 13.7 Å². The van der Waals surface area contributed by atoms with Crippen molar-refractivity contribution >= 4 is 45.3 Å². The molecule has 2 heterocycles. The fraction of sp³-hybridized carbons (Fsp3) is 0.0769. The van der Waals surface area contributed by atoms with Crippen molar-refractivity contribution < 1.29 is 4.79 Å². The van der Waals surface area contributed by atoms with Gasteiger partial charge in [-0.05, 0) is 30.8 Å². The molecule has 1 amide bonds. The van der Waals surface area contributed by atoms with Crippen molar-refractivity contribution in [2.24, 2.45) is 0 Å². The number of anilines is 1. The first kappa shape index (κ1) is 14.2. The summed E-state index contributed by atoms with van der Waals surface area (Å²) in [6.07, 6.45) is 1.65. The van der Waals surface area contributed by atoms with Gasteiger partial charge in [-0.15, -0.1) is 10.2 Å². The van der Waals surface area contributed by atoms with E-state index in [4.69, 9.17) is 0 Å². The molecule has 0 aliphatic heterocycles. The van der Waals surface area contributed by atoms with Crippen molar-refractivity contribution in [3.05, 3.63) is 47.1 Å². The summed E-state index contributed by atoms with van der Waals surface area (Å²) in [6.45, 7) is 1.91. The summed E-state index contributed by atoms with van der Waals surface area (Å²) in [4.78, 5) is 16.3. The highest BCUT2D eigenvalue weighted by molar-refractivity contribution is 8.02. The molecule has 106 valence electrons. The Balaban J connectivity index is 1.66. The van der Waals surface area contributed by atoms with Crippen molar-refractivity contribution in [2.45, 2.75) is 15.6 Å². The number of nitrogens with one attached hydrogen (secondary N) is 1. The van der Waals surface area contributed by atoms with E-state index in [1.807, 2.05) is 25.1 Å². The summed E-state index contributed by atoms with van der Waals surface area (Å²) in [5, 5.41) is 12.5. The molecule has 0 saturated heterocycles. The van der Waals surface area contributed by atoms with Gasteiger partial charge in [0, 0.05) is 5.56 Å². The van der Waals surface area contributed by atoms with Gasteiger partial charge >= 0.3 is 0 Å². The fourth-order valence-corrected chi connectivity index (χ4v) is 4.42. The molecule has 0 saturated carbocycles. The quantitative estimate of drug-likeness (QED) is 0.788. The Morgan fingerprint density at radius 1 is 1.14 bits per heavy atom. The maximum atomic E-state index is 12.0. The number of aryl methyl sites for hydroxylation is 1. The summed E-state index contributed by atoms with van der Waals surface area (Å²) in [7, 11) is 0. The van der Waals surface area contributed by atoms with Crippen molar-refractivity contribution in [3.63, 3.8) is 0 Å². The Bertz CT molecular complexity index is 754. The lowest BCUT2D eigenvalue weighted by Crippen LogP contribution is -2.10. The molecule has 0 aliphatic rings. The van der Waals surface area contributed by atoms with Crippen LogP contribution in [0.5, 0.6) is 0 Å². The second-order valence-electron chi connectivity index (χ2n) is 4.00. The number of carbonyl (C=O) groups is 1. The van der Waals surface area contributed by atoms with Gasteiger partial charge in [0.1, 0.15) is 10.0 Å². The number of nitrogens with zero attached hydrogens (tertiary/aromatic N) is 3. The van der Waals surface area contributed by atoms with Gasteiger partial charge in [0.05, 0.1) is 6.20 Å². The normalized spacial score (nSPS) is 10.5. The molecule has 0 unspecified atom stereocenters. The van der Waals surface area contributed by atoms with Crippen LogP contribution in [-0.4, -0.2) is 21.1 Å². The lowest BCUT2D eigenvalue weighted by molar-refractivity contribution is 0.102. The van der Waals surface area contributed by atoms with Gasteiger partial charge < -0.3 is 5.32 Å². The third-order valence-electron chi connectivity index (χ3n) is 2.44. The van der Waals surface area contributed by atoms with Crippen LogP contribution >= 0.6 is 34.4 Å². The van der Waals surface area contributed by atoms with E-state index >= 15 is 0 Å². The minimum absolute atomic E-state index is 0.137. The molecule has 1 aromatic carbocycles. The predicted octanol–water partition coefficient (Wildman–Crippen LogP) is 3.71. The monoisotopic (exact) mass is 334 g/mol. The van der Waals surface area contributed by atoms with E-state index < -0.39 is 0 Å². The highest BCUT2D eigenvalue weighted by atomic mass is 32.2. The van der Waals surface area contributed by atoms with Gasteiger partial charge in [-0.25, -0.2) is 4.98 Å². The Kier molecular flexibility index (Phi) is 4.28. The van der Waals surface area contributed by atoms with E-state index in [9.17, 15) is 4.79 Å². The molecule has 0 spiro atoms. The number of benzene rings is 1. The second kappa shape index (κ2) is 6.33. The molecule has 21 heavy (non-hydrogen) atoms. The molecular weight excluding hydrogens is 324 g/mol. The number of hydrogen-bond donors (Lipinski definition) is 1. The van der Waals surface area contributed by atoms with Crippen LogP contribution in [0.2, 0.25) is 0 Å². The van der Waals surface area contributed by atoms with Crippen LogP contribution in [0.1, 0.15) is 15.4 Å². The first-order valence-electron chi connectivity index (χ1n) is 6.01. The average Bonchev–Trinajstić information content (AvgIpc) is 3.09. The summed E-state index contributed by atoms with van der Waals surface area (Å²) >= 11 is 4.39. The zero-order chi connectivity index (χ0) is 14.7. The van der Waals surface area contributed by atoms with Gasteiger partial charge in [-0.2, -0.15) is 0 Å². The Morgan fingerprint density at radius 2 is 1.95 bits per heavy atom. The molecule has 0 atom stereocenters. The van der Waals surface area contributed by atoms with E-state index in [-0.39, 0.29) is 5.91 Å². The molecular formula is C13H10N4OS3. The number of thiazole rings is 1. The number of rotatable bonds is 4. The minimum Gasteiger partial charge on any atom is -0.312 e. The molecule has 3 rings (SSSR count). The topological polar surface area (TPSA) is 67.8 Å². The fourth-order valence-electron chi connectivity index (χ4n) is 1.53. The Morgan fingerprint density at radius 3 is 2.67 bits per heavy atom. The molecule has 8 heteroatoms. The van der Waals surface area contributed by atoms with Crippen LogP contribution in [0.4, 0.5) is 5.00 Å². The number of amides is 1. The van der Waals surface area contributed by atoms with E-state index in [0.29, 0.717) is 10.6 Å². The smallest absolute Gasteiger partial charge is 0.256 e. The first-order chi connectivity index (χ1) is 10.2. The third kappa shape index (κ3) is 3.66. The van der Waals surface area contributed by atoms with Gasteiger partial charge in [-0.3, -0.25) is 4.79 Å². The predicted molar refractivity (Wildman–Crippen MR) is 85.3 cm³/mol. The lowest BCUT2D eigenvalue weighted by Gasteiger charge is -2.00. The molecule has 3 aromatic rings. The molecule has 0 fully saturated rings. The van der Waals surface area contributed by atoms with E-state index in [1.165, 1.54) is 34.4 Å². The van der Waals surface area contributed by atoms with Crippen LogP contribution in [-0.2, 0) is 0 Å². The van der Waals surface area contributed by atoms with Crippen molar-refractivity contribution in [1.82, 2.24) is 15.2 Å². The van der Waals surface area contributed by atoms with Crippen LogP contribution < -0.4 is 5.32 Å². The van der Waals surface area contributed by atoms with E-state index in [1.54, 1.807) is 18.3 Å². The highest BCUT2D eigenvalue weighted by Crippen LogP contribution is 2.34. The largest absolute Gasteiger partial charge is 0.312 e. The molecule has 0 aliphatic carbocycles. The first-order valence-corrected chi connectivity index (χ1v) is 8.46. The maximum absolute atomic E-state index is 12.0. The zero-order valence-electron chi connectivity index (χ0n) is 10.9. The van der Waals surface area contributed by atoms with Crippen molar-refractivity contribution in [1.29, 1.82) is 0 Å². The second-order valence-corrected chi connectivity index (χ2v) is 7.71. The standard InChI is InChI=1S/C13H10N4OS3/c1-8-16-17-13(19-8)21-12-14-7-10(20-12)15-11(18)9-5-3-2-4-6-9/h2-7H,1H3,(H,15,18). The van der Waals surface area contributed by atoms with Gasteiger partial charge in [-0.1, -0.05) is 40.9 Å². The summed E-state index contributed by atoms with van der Waals surface area (Å²) in [6, 6.07) is 9.09. The Hall–Kier alpha value is -1.77. The van der Waals surface area contributed by atoms with E-state index in [2.05, 4.69) is 20.5 Å². The highest BCUT2D eigenvalue weighted by Gasteiger charge is 2.10. The molecule has 5 nitrogen and oxygen atoms in total. The van der Waals surface area contributed by atoms with Crippen LogP contribution in [0.3, 0.4) is 0 Å². The summed E-state index contributed by atoms with van der Waals surface area (Å²) in [5.74, 6) is -0.137. The lowest BCUT2D eigenvalue weighted by atomic mass is 10.2. The molecule has 0 radical (unpaired) electrons. The third-order valence-corrected chi connectivity index (χ3v) is 5.32. The van der Waals surface area contributed by atoms with Crippen molar-refractivity contribution in [2.75, 3.05) is 5.32 Å². The number of carbonyl (C=O) groups excluding carboxylic acids is 1. The Labute approximate surface area is 133 Å². The molecule has 0 bridgehead atoms. The van der Waals surface area contributed by atoms with Gasteiger partial charge in [0.2, 0.25) is 0 Å². The summed E-state index contributed by atoms with van der Waals surface area (Å²) in [5.41, 5.74) is 0.625. The molecule has 1 N–H and O–H groups in total. The van der Waals surface area contributed by atoms with Crippen LogP contribution in [0, 0.1) is 6.92 Å². The van der Waals surface area contributed by atoms with Crippen LogP contribution in [0.25, 0.3) is 0 Å². The average molecular weight is 334 g/mol. The van der Waals surface area contributed by atoms with Gasteiger partial charge in [0.15, 0.2) is 8.68 Å².